The van der Waals surface area contributed by atoms with Gasteiger partial charge in [-0.1, -0.05) is 0 Å². The van der Waals surface area contributed by atoms with Crippen LogP contribution in [-0.4, -0.2) is 70.9 Å². The maximum atomic E-state index is 10.9. The maximum absolute atomic E-state index is 10.9. The third kappa shape index (κ3) is 7.94. The fourth-order valence-electron chi connectivity index (χ4n) is 2.73. The van der Waals surface area contributed by atoms with Crippen LogP contribution in [0.4, 0.5) is 0 Å². The van der Waals surface area contributed by atoms with Gasteiger partial charge in [-0.15, -0.1) is 0 Å². The lowest BCUT2D eigenvalue weighted by molar-refractivity contribution is -0.140. The fourth-order valence-corrected chi connectivity index (χ4v) is 2.73. The monoisotopic (exact) mass is 316 g/mol. The summed E-state index contributed by atoms with van der Waals surface area (Å²) in [7, 11) is 0. The van der Waals surface area contributed by atoms with Crippen molar-refractivity contribution < 1.29 is 29.7 Å². The molecule has 1 fully saturated rings. The second-order valence-electron chi connectivity index (χ2n) is 5.83. The van der Waals surface area contributed by atoms with Crippen molar-refractivity contribution in [2.75, 3.05) is 32.7 Å². The van der Waals surface area contributed by atoms with E-state index in [9.17, 15) is 14.4 Å². The molecular formula is C14H24N2O6. The molecule has 22 heavy (non-hydrogen) atoms. The second kappa shape index (κ2) is 9.37. The molecule has 0 saturated carbocycles. The smallest absolute Gasteiger partial charge is 0.317 e. The average molecular weight is 316 g/mol. The van der Waals surface area contributed by atoms with Crippen molar-refractivity contribution in [1.82, 2.24) is 10.2 Å². The van der Waals surface area contributed by atoms with Gasteiger partial charge in [0, 0.05) is 12.8 Å². The van der Waals surface area contributed by atoms with Crippen LogP contribution in [-0.2, 0) is 14.4 Å². The summed E-state index contributed by atoms with van der Waals surface area (Å²) in [4.78, 5) is 34.4. The van der Waals surface area contributed by atoms with E-state index >= 15 is 0 Å². The zero-order valence-electron chi connectivity index (χ0n) is 12.5. The molecule has 1 heterocycles. The van der Waals surface area contributed by atoms with E-state index in [1.54, 1.807) is 4.90 Å². The van der Waals surface area contributed by atoms with E-state index in [1.165, 1.54) is 0 Å². The average Bonchev–Trinajstić information content (AvgIpc) is 2.38. The lowest BCUT2D eigenvalue weighted by Crippen LogP contribution is -2.39. The van der Waals surface area contributed by atoms with Crippen LogP contribution in [0.5, 0.6) is 0 Å². The molecule has 1 rings (SSSR count). The van der Waals surface area contributed by atoms with Crippen LogP contribution < -0.4 is 5.32 Å². The Labute approximate surface area is 129 Å². The molecule has 126 valence electrons. The highest BCUT2D eigenvalue weighted by molar-refractivity contribution is 5.69. The molecule has 0 spiro atoms. The van der Waals surface area contributed by atoms with E-state index < -0.39 is 17.9 Å². The number of nitrogens with one attached hydrogen (secondary N) is 1. The Morgan fingerprint density at radius 1 is 0.864 bits per heavy atom. The first-order valence-corrected chi connectivity index (χ1v) is 7.45. The third-order valence-electron chi connectivity index (χ3n) is 3.86. The zero-order valence-corrected chi connectivity index (χ0v) is 12.5. The Hall–Kier alpha value is -1.67. The van der Waals surface area contributed by atoms with Gasteiger partial charge in [0.25, 0.3) is 0 Å². The minimum Gasteiger partial charge on any atom is -0.481 e. The Morgan fingerprint density at radius 2 is 1.32 bits per heavy atom. The molecule has 2 unspecified atom stereocenters. The molecule has 0 bridgehead atoms. The topological polar surface area (TPSA) is 127 Å². The Morgan fingerprint density at radius 3 is 1.68 bits per heavy atom. The lowest BCUT2D eigenvalue weighted by Gasteiger charge is -2.28. The van der Waals surface area contributed by atoms with Gasteiger partial charge in [0.05, 0.1) is 6.54 Å². The normalized spacial score (nSPS) is 24.5. The number of rotatable bonds is 6. The Kier molecular flexibility index (Phi) is 7.83. The van der Waals surface area contributed by atoms with E-state index in [-0.39, 0.29) is 31.2 Å². The number of carboxylic acids is 3. The van der Waals surface area contributed by atoms with Crippen LogP contribution in [0.1, 0.15) is 25.7 Å². The lowest BCUT2D eigenvalue weighted by atomic mass is 9.96. The molecule has 2 atom stereocenters. The highest BCUT2D eigenvalue weighted by Gasteiger charge is 2.21. The summed E-state index contributed by atoms with van der Waals surface area (Å²) in [6.45, 7) is 1.91. The number of hydrogen-bond acceptors (Lipinski definition) is 5. The van der Waals surface area contributed by atoms with Crippen molar-refractivity contribution in [3.8, 4) is 0 Å². The molecule has 1 aliphatic heterocycles. The second-order valence-corrected chi connectivity index (χ2v) is 5.83. The van der Waals surface area contributed by atoms with Gasteiger partial charge in [-0.2, -0.15) is 0 Å². The van der Waals surface area contributed by atoms with Crippen molar-refractivity contribution >= 4 is 17.9 Å². The predicted octanol–water partition coefficient (Wildman–Crippen LogP) is -0.0618. The van der Waals surface area contributed by atoms with Crippen LogP contribution in [0.15, 0.2) is 0 Å². The molecule has 8 nitrogen and oxygen atoms in total. The van der Waals surface area contributed by atoms with Gasteiger partial charge in [-0.05, 0) is 50.9 Å². The SMILES string of the molecule is O=C(O)CC1CCN(CC(=O)O)CCC(CC(=O)O)CNC1. The van der Waals surface area contributed by atoms with Crippen LogP contribution in [0.3, 0.4) is 0 Å². The fraction of sp³-hybridized carbons (Fsp3) is 0.786. The summed E-state index contributed by atoms with van der Waals surface area (Å²) < 4.78 is 0. The largest absolute Gasteiger partial charge is 0.481 e. The van der Waals surface area contributed by atoms with Gasteiger partial charge in [-0.25, -0.2) is 0 Å². The molecule has 0 aromatic carbocycles. The van der Waals surface area contributed by atoms with Crippen LogP contribution >= 0.6 is 0 Å². The van der Waals surface area contributed by atoms with E-state index in [4.69, 9.17) is 15.3 Å². The summed E-state index contributed by atoms with van der Waals surface area (Å²) in [5.74, 6) is -2.86. The highest BCUT2D eigenvalue weighted by atomic mass is 16.4. The van der Waals surface area contributed by atoms with Crippen molar-refractivity contribution in [2.45, 2.75) is 25.7 Å². The van der Waals surface area contributed by atoms with Crippen LogP contribution in [0.25, 0.3) is 0 Å². The van der Waals surface area contributed by atoms with Crippen LogP contribution in [0, 0.1) is 11.8 Å². The molecule has 0 aliphatic carbocycles. The first kappa shape index (κ1) is 18.4. The first-order valence-electron chi connectivity index (χ1n) is 7.45. The Bertz CT molecular complexity index is 373. The summed E-state index contributed by atoms with van der Waals surface area (Å²) in [6.07, 6.45) is 1.27. The summed E-state index contributed by atoms with van der Waals surface area (Å²) >= 11 is 0. The minimum absolute atomic E-state index is 0.0253. The van der Waals surface area contributed by atoms with E-state index in [0.717, 1.165) is 0 Å². The van der Waals surface area contributed by atoms with Gasteiger partial charge in [0.2, 0.25) is 0 Å². The van der Waals surface area contributed by atoms with Gasteiger partial charge < -0.3 is 20.6 Å². The van der Waals surface area contributed by atoms with E-state index in [1.807, 2.05) is 0 Å². The van der Waals surface area contributed by atoms with Gasteiger partial charge in [-0.3, -0.25) is 19.3 Å². The van der Waals surface area contributed by atoms with Gasteiger partial charge in [0.1, 0.15) is 0 Å². The van der Waals surface area contributed by atoms with Gasteiger partial charge >= 0.3 is 17.9 Å². The zero-order chi connectivity index (χ0) is 16.5. The summed E-state index contributed by atoms with van der Waals surface area (Å²) in [5, 5.41) is 29.9. The molecule has 4 N–H and O–H groups in total. The molecule has 0 aromatic rings. The number of aliphatic carboxylic acids is 3. The summed E-state index contributed by atoms with van der Waals surface area (Å²) in [5.41, 5.74) is 0. The molecule has 8 heteroatoms. The molecular weight excluding hydrogens is 292 g/mol. The molecule has 0 aromatic heterocycles. The highest BCUT2D eigenvalue weighted by Crippen LogP contribution is 2.15. The van der Waals surface area contributed by atoms with Gasteiger partial charge in [0.15, 0.2) is 0 Å². The predicted molar refractivity (Wildman–Crippen MR) is 77.7 cm³/mol. The molecule has 0 amide bonds. The standard InChI is InChI=1S/C14H24N2O6/c17-12(18)5-10-1-3-16(9-14(21)22)4-2-11(6-13(19)20)8-15-7-10/h10-11,15H,1-9H2,(H,17,18)(H,19,20)(H,21,22). The quantitative estimate of drug-likeness (QED) is 0.536. The molecule has 1 aliphatic rings. The number of nitrogens with zero attached hydrogens (tertiary/aromatic N) is 1. The van der Waals surface area contributed by atoms with Crippen molar-refractivity contribution in [3.63, 3.8) is 0 Å². The first-order chi connectivity index (χ1) is 10.4. The van der Waals surface area contributed by atoms with Crippen LogP contribution in [0.2, 0.25) is 0 Å². The van der Waals surface area contributed by atoms with Crippen molar-refractivity contribution in [3.05, 3.63) is 0 Å². The summed E-state index contributed by atoms with van der Waals surface area (Å²) in [6, 6.07) is 0. The minimum atomic E-state index is -0.931. The van der Waals surface area contributed by atoms with E-state index in [0.29, 0.717) is 39.0 Å². The third-order valence-corrected chi connectivity index (χ3v) is 3.86. The number of hydrogen-bond donors (Lipinski definition) is 4. The maximum Gasteiger partial charge on any atom is 0.317 e. The Balaban J connectivity index is 2.67. The molecule has 0 radical (unpaired) electrons. The molecule has 1 saturated heterocycles. The van der Waals surface area contributed by atoms with E-state index in [2.05, 4.69) is 5.32 Å². The van der Waals surface area contributed by atoms with Crippen molar-refractivity contribution in [1.29, 1.82) is 0 Å². The van der Waals surface area contributed by atoms with Crippen molar-refractivity contribution in [2.24, 2.45) is 11.8 Å². The number of carbonyl (C=O) groups is 3. The number of carboxylic acid groups (broad SMARTS) is 3.